The molecule has 0 fully saturated rings. The number of pyridine rings is 1. The summed E-state index contributed by atoms with van der Waals surface area (Å²) in [6.45, 7) is 3.31. The predicted octanol–water partition coefficient (Wildman–Crippen LogP) is 4.68. The lowest BCUT2D eigenvalue weighted by Gasteiger charge is -2.20. The second-order valence-corrected chi connectivity index (χ2v) is 7.47. The summed E-state index contributed by atoms with van der Waals surface area (Å²) >= 11 is 1.73. The average molecular weight is 381 g/mol. The Hall–Kier alpha value is -2.37. The monoisotopic (exact) mass is 380 g/mol. The van der Waals surface area contributed by atoms with Gasteiger partial charge in [0.05, 0.1) is 23.9 Å². The van der Waals surface area contributed by atoms with E-state index >= 15 is 0 Å². The Morgan fingerprint density at radius 3 is 2.48 bits per heavy atom. The van der Waals surface area contributed by atoms with Gasteiger partial charge in [0.25, 0.3) is 0 Å². The van der Waals surface area contributed by atoms with Gasteiger partial charge in [0.15, 0.2) is 0 Å². The van der Waals surface area contributed by atoms with E-state index in [1.807, 2.05) is 38.2 Å². The SMILES string of the molecule is COC(=O)c1c(CN(C)Cc2ccc(SC)cc2)nc2ccccc2c1C. The predicted molar refractivity (Wildman–Crippen MR) is 111 cm³/mol. The summed E-state index contributed by atoms with van der Waals surface area (Å²) < 4.78 is 5.03. The number of esters is 1. The quantitative estimate of drug-likeness (QED) is 0.459. The summed E-state index contributed by atoms with van der Waals surface area (Å²) in [7, 11) is 3.45. The first-order chi connectivity index (χ1) is 13.0. The van der Waals surface area contributed by atoms with Crippen LogP contribution in [-0.2, 0) is 17.8 Å². The lowest BCUT2D eigenvalue weighted by atomic mass is 10.0. The fourth-order valence-electron chi connectivity index (χ4n) is 3.28. The highest BCUT2D eigenvalue weighted by molar-refractivity contribution is 7.98. The van der Waals surface area contributed by atoms with Gasteiger partial charge in [0.1, 0.15) is 0 Å². The van der Waals surface area contributed by atoms with Crippen LogP contribution >= 0.6 is 11.8 Å². The zero-order valence-electron chi connectivity index (χ0n) is 16.2. The van der Waals surface area contributed by atoms with Gasteiger partial charge in [-0.15, -0.1) is 11.8 Å². The number of para-hydroxylation sites is 1. The van der Waals surface area contributed by atoms with Crippen molar-refractivity contribution in [2.45, 2.75) is 24.9 Å². The van der Waals surface area contributed by atoms with E-state index in [4.69, 9.17) is 9.72 Å². The van der Waals surface area contributed by atoms with Crippen molar-refractivity contribution in [1.82, 2.24) is 9.88 Å². The third-order valence-corrected chi connectivity index (χ3v) is 5.39. The van der Waals surface area contributed by atoms with Crippen LogP contribution in [-0.4, -0.2) is 36.3 Å². The van der Waals surface area contributed by atoms with Gasteiger partial charge >= 0.3 is 5.97 Å². The number of carbonyl (C=O) groups is 1. The summed E-state index contributed by atoms with van der Waals surface area (Å²) in [5.41, 5.74) is 4.37. The molecule has 5 heteroatoms. The Morgan fingerprint density at radius 1 is 1.11 bits per heavy atom. The number of hydrogen-bond donors (Lipinski definition) is 0. The maximum absolute atomic E-state index is 12.4. The van der Waals surface area contributed by atoms with Crippen molar-refractivity contribution < 1.29 is 9.53 Å². The molecule has 3 rings (SSSR count). The molecule has 0 N–H and O–H groups in total. The van der Waals surface area contributed by atoms with E-state index in [0.29, 0.717) is 12.1 Å². The van der Waals surface area contributed by atoms with Gasteiger partial charge in [-0.05, 0) is 49.6 Å². The van der Waals surface area contributed by atoms with Crippen LogP contribution in [0.3, 0.4) is 0 Å². The molecule has 140 valence electrons. The van der Waals surface area contributed by atoms with Crippen LogP contribution in [0.4, 0.5) is 0 Å². The van der Waals surface area contributed by atoms with E-state index in [1.165, 1.54) is 17.6 Å². The number of aromatic nitrogens is 1. The van der Waals surface area contributed by atoms with Gasteiger partial charge in [-0.25, -0.2) is 4.79 Å². The topological polar surface area (TPSA) is 42.4 Å². The Kier molecular flexibility index (Phi) is 6.14. The molecule has 1 aromatic heterocycles. The number of rotatable bonds is 6. The zero-order chi connectivity index (χ0) is 19.4. The smallest absolute Gasteiger partial charge is 0.340 e. The van der Waals surface area contributed by atoms with Crippen LogP contribution in [0.1, 0.15) is 27.2 Å². The molecule has 0 saturated heterocycles. The first-order valence-electron chi connectivity index (χ1n) is 8.81. The summed E-state index contributed by atoms with van der Waals surface area (Å²) in [5.74, 6) is -0.335. The van der Waals surface area contributed by atoms with Crippen LogP contribution in [0.5, 0.6) is 0 Å². The fraction of sp³-hybridized carbons (Fsp3) is 0.273. The van der Waals surface area contributed by atoms with E-state index in [9.17, 15) is 4.79 Å². The maximum Gasteiger partial charge on any atom is 0.340 e. The molecule has 0 unspecified atom stereocenters. The number of methoxy groups -OCH3 is 1. The van der Waals surface area contributed by atoms with Gasteiger partial charge in [-0.3, -0.25) is 9.88 Å². The van der Waals surface area contributed by atoms with E-state index in [0.717, 1.165) is 28.7 Å². The third kappa shape index (κ3) is 4.31. The minimum Gasteiger partial charge on any atom is -0.465 e. The number of thioether (sulfide) groups is 1. The number of ether oxygens (including phenoxy) is 1. The number of aryl methyl sites for hydroxylation is 1. The van der Waals surface area contributed by atoms with E-state index in [1.54, 1.807) is 11.8 Å². The highest BCUT2D eigenvalue weighted by atomic mass is 32.2. The molecule has 0 aliphatic heterocycles. The standard InChI is InChI=1S/C22H24N2O2S/c1-15-18-7-5-6-8-19(18)23-20(21(15)22(25)26-3)14-24(2)13-16-9-11-17(27-4)12-10-16/h5-12H,13-14H2,1-4H3. The molecular formula is C22H24N2O2S. The molecular weight excluding hydrogens is 356 g/mol. The van der Waals surface area contributed by atoms with Gasteiger partial charge in [-0.1, -0.05) is 30.3 Å². The van der Waals surface area contributed by atoms with Crippen molar-refractivity contribution in [1.29, 1.82) is 0 Å². The van der Waals surface area contributed by atoms with Crippen LogP contribution in [0.2, 0.25) is 0 Å². The molecule has 0 aliphatic carbocycles. The van der Waals surface area contributed by atoms with Crippen molar-refractivity contribution >= 4 is 28.6 Å². The second kappa shape index (κ2) is 8.55. The van der Waals surface area contributed by atoms with Gasteiger partial charge < -0.3 is 4.74 Å². The molecule has 0 radical (unpaired) electrons. The fourth-order valence-corrected chi connectivity index (χ4v) is 3.69. The van der Waals surface area contributed by atoms with E-state index < -0.39 is 0 Å². The molecule has 0 saturated carbocycles. The molecule has 2 aromatic carbocycles. The Balaban J connectivity index is 1.91. The minimum absolute atomic E-state index is 0.335. The lowest BCUT2D eigenvalue weighted by molar-refractivity contribution is 0.0597. The third-order valence-electron chi connectivity index (χ3n) is 4.65. The molecule has 4 nitrogen and oxygen atoms in total. The molecule has 3 aromatic rings. The highest BCUT2D eigenvalue weighted by Gasteiger charge is 2.20. The average Bonchev–Trinajstić information content (AvgIpc) is 2.68. The number of carbonyl (C=O) groups excluding carboxylic acids is 1. The van der Waals surface area contributed by atoms with Gasteiger partial charge in [-0.2, -0.15) is 0 Å². The van der Waals surface area contributed by atoms with Crippen molar-refractivity contribution in [3.8, 4) is 0 Å². The zero-order valence-corrected chi connectivity index (χ0v) is 17.0. The molecule has 27 heavy (non-hydrogen) atoms. The Morgan fingerprint density at radius 2 is 1.81 bits per heavy atom. The molecule has 1 heterocycles. The van der Waals surface area contributed by atoms with Crippen LogP contribution in [0.15, 0.2) is 53.4 Å². The molecule has 0 atom stereocenters. The lowest BCUT2D eigenvalue weighted by Crippen LogP contribution is -2.21. The van der Waals surface area contributed by atoms with Gasteiger partial charge in [0.2, 0.25) is 0 Å². The Bertz CT molecular complexity index is 954. The van der Waals surface area contributed by atoms with Crippen LogP contribution in [0.25, 0.3) is 10.9 Å². The number of hydrogen-bond acceptors (Lipinski definition) is 5. The number of nitrogens with zero attached hydrogens (tertiary/aromatic N) is 2. The molecule has 0 bridgehead atoms. The largest absolute Gasteiger partial charge is 0.465 e. The molecule has 0 amide bonds. The van der Waals surface area contributed by atoms with Crippen molar-refractivity contribution in [2.75, 3.05) is 20.4 Å². The van der Waals surface area contributed by atoms with E-state index in [2.05, 4.69) is 35.4 Å². The van der Waals surface area contributed by atoms with Crippen molar-refractivity contribution in [3.05, 3.63) is 70.9 Å². The number of fused-ring (bicyclic) bond motifs is 1. The van der Waals surface area contributed by atoms with Crippen LogP contribution < -0.4 is 0 Å². The summed E-state index contributed by atoms with van der Waals surface area (Å²) in [4.78, 5) is 20.6. The minimum atomic E-state index is -0.335. The molecule has 0 spiro atoms. The first kappa shape index (κ1) is 19.4. The summed E-state index contributed by atoms with van der Waals surface area (Å²) in [5, 5.41) is 0.983. The second-order valence-electron chi connectivity index (χ2n) is 6.59. The maximum atomic E-state index is 12.4. The van der Waals surface area contributed by atoms with Crippen LogP contribution in [0, 0.1) is 6.92 Å². The van der Waals surface area contributed by atoms with Crippen molar-refractivity contribution in [2.24, 2.45) is 0 Å². The highest BCUT2D eigenvalue weighted by Crippen LogP contribution is 2.25. The summed E-state index contributed by atoms with van der Waals surface area (Å²) in [6.07, 6.45) is 2.07. The molecule has 0 aliphatic rings. The van der Waals surface area contributed by atoms with Crippen molar-refractivity contribution in [3.63, 3.8) is 0 Å². The van der Waals surface area contributed by atoms with E-state index in [-0.39, 0.29) is 5.97 Å². The summed E-state index contributed by atoms with van der Waals surface area (Å²) in [6, 6.07) is 16.4. The Labute approximate surface area is 164 Å². The normalized spacial score (nSPS) is 11.1. The van der Waals surface area contributed by atoms with Gasteiger partial charge in [0, 0.05) is 23.4 Å². The first-order valence-corrected chi connectivity index (χ1v) is 10.0. The number of benzene rings is 2.